The number of para-hydroxylation sites is 2. The van der Waals surface area contributed by atoms with E-state index in [1.54, 1.807) is 86.6 Å². The monoisotopic (exact) mass is 530 g/mol. The molecule has 3 aromatic rings. The summed E-state index contributed by atoms with van der Waals surface area (Å²) in [6.07, 6.45) is 0. The largest absolute Gasteiger partial charge is 0.508 e. The molecule has 0 bridgehead atoms. The highest BCUT2D eigenvalue weighted by Gasteiger charge is 2.54. The maximum absolute atomic E-state index is 14.6. The molecule has 36 heavy (non-hydrogen) atoms. The van der Waals surface area contributed by atoms with Crippen molar-refractivity contribution in [3.63, 3.8) is 0 Å². The zero-order chi connectivity index (χ0) is 26.0. The summed E-state index contributed by atoms with van der Waals surface area (Å²) in [6.45, 7) is 3.23. The lowest BCUT2D eigenvalue weighted by Crippen LogP contribution is -2.42. The Kier molecular flexibility index (Phi) is 9.85. The van der Waals surface area contributed by atoms with Gasteiger partial charge in [-0.15, -0.1) is 11.8 Å². The minimum atomic E-state index is -4.48. The molecule has 3 aromatic carbocycles. The highest BCUT2D eigenvalue weighted by molar-refractivity contribution is 8.01. The number of rotatable bonds is 12. The number of aromatic hydroxyl groups is 1. The summed E-state index contributed by atoms with van der Waals surface area (Å²) in [6, 6.07) is 22.5. The van der Waals surface area contributed by atoms with Crippen LogP contribution in [0.3, 0.4) is 0 Å². The SMILES string of the molecule is CCOC(=O)[C@H]([C@@H](Sc1ccc(O)cc1)C(=O)OCC)P(=O)(Oc1ccccc1)Oc1ccccc1. The molecule has 2 atom stereocenters. The number of esters is 2. The Morgan fingerprint density at radius 2 is 1.25 bits per heavy atom. The van der Waals surface area contributed by atoms with Crippen LogP contribution in [-0.4, -0.2) is 41.2 Å². The van der Waals surface area contributed by atoms with Gasteiger partial charge in [0.2, 0.25) is 5.66 Å². The van der Waals surface area contributed by atoms with Gasteiger partial charge in [0, 0.05) is 4.90 Å². The van der Waals surface area contributed by atoms with Gasteiger partial charge in [-0.25, -0.2) is 4.57 Å². The van der Waals surface area contributed by atoms with Crippen LogP contribution in [0.25, 0.3) is 0 Å². The zero-order valence-electron chi connectivity index (χ0n) is 19.8. The molecule has 0 aliphatic heterocycles. The number of phenols is 1. The molecule has 0 unspecified atom stereocenters. The summed E-state index contributed by atoms with van der Waals surface area (Å²) < 4.78 is 36.8. The van der Waals surface area contributed by atoms with Crippen molar-refractivity contribution in [2.75, 3.05) is 13.2 Å². The van der Waals surface area contributed by atoms with Gasteiger partial charge in [0.25, 0.3) is 0 Å². The van der Waals surface area contributed by atoms with E-state index in [0.717, 1.165) is 11.8 Å². The molecule has 0 spiro atoms. The minimum Gasteiger partial charge on any atom is -0.508 e. The van der Waals surface area contributed by atoms with Crippen LogP contribution in [0.1, 0.15) is 13.8 Å². The summed E-state index contributed by atoms with van der Waals surface area (Å²) in [5, 5.41) is 8.29. The second-order valence-electron chi connectivity index (χ2n) is 7.33. The molecular weight excluding hydrogens is 503 g/mol. The average molecular weight is 531 g/mol. The third-order valence-corrected chi connectivity index (χ3v) is 8.31. The lowest BCUT2D eigenvalue weighted by Gasteiger charge is -2.30. The van der Waals surface area contributed by atoms with Gasteiger partial charge >= 0.3 is 19.5 Å². The molecule has 0 heterocycles. The van der Waals surface area contributed by atoms with Crippen molar-refractivity contribution in [3.8, 4) is 17.2 Å². The Hall–Kier alpha value is -3.42. The number of hydrogen-bond acceptors (Lipinski definition) is 9. The maximum Gasteiger partial charge on any atom is 0.446 e. The highest BCUT2D eigenvalue weighted by atomic mass is 32.2. The van der Waals surface area contributed by atoms with Crippen molar-refractivity contribution in [1.29, 1.82) is 0 Å². The van der Waals surface area contributed by atoms with E-state index in [0.29, 0.717) is 4.90 Å². The summed E-state index contributed by atoms with van der Waals surface area (Å²) in [4.78, 5) is 27.1. The van der Waals surface area contributed by atoms with Crippen molar-refractivity contribution in [1.82, 2.24) is 0 Å². The van der Waals surface area contributed by atoms with Gasteiger partial charge in [0.05, 0.1) is 13.2 Å². The molecule has 0 amide bonds. The number of carbonyl (C=O) groups excluding carboxylic acids is 2. The van der Waals surface area contributed by atoms with Crippen LogP contribution in [0.5, 0.6) is 17.2 Å². The number of hydrogen-bond donors (Lipinski definition) is 1. The first-order chi connectivity index (χ1) is 17.4. The van der Waals surface area contributed by atoms with Crippen LogP contribution in [0.2, 0.25) is 0 Å². The zero-order valence-corrected chi connectivity index (χ0v) is 21.5. The standard InChI is InChI=1S/C26H27O8PS/c1-3-31-25(28)23(24(26(29)32-4-2)36-22-17-15-19(27)16-18-22)35(30,33-20-11-7-5-8-12-20)34-21-13-9-6-10-14-21/h5-18,23-24,27H,3-4H2,1-2H3/t23-,24+/m0/s1. The molecular formula is C26H27O8PS. The quantitative estimate of drug-likeness (QED) is 0.179. The van der Waals surface area contributed by atoms with Crippen LogP contribution in [-0.2, 0) is 23.6 Å². The van der Waals surface area contributed by atoms with Crippen LogP contribution < -0.4 is 9.05 Å². The molecule has 0 aliphatic rings. The minimum absolute atomic E-state index is 0.0224. The first-order valence-electron chi connectivity index (χ1n) is 11.2. The highest BCUT2D eigenvalue weighted by Crippen LogP contribution is 2.56. The van der Waals surface area contributed by atoms with E-state index in [9.17, 15) is 19.3 Å². The third kappa shape index (κ3) is 7.29. The Morgan fingerprint density at radius 1 is 0.778 bits per heavy atom. The summed E-state index contributed by atoms with van der Waals surface area (Å²) >= 11 is 0.937. The molecule has 10 heteroatoms. The number of phenolic OH excluding ortho intramolecular Hbond substituents is 1. The van der Waals surface area contributed by atoms with Crippen molar-refractivity contribution < 1.29 is 37.8 Å². The van der Waals surface area contributed by atoms with Gasteiger partial charge in [-0.05, 0) is 62.4 Å². The molecule has 0 saturated heterocycles. The first-order valence-corrected chi connectivity index (χ1v) is 13.7. The Balaban J connectivity index is 2.13. The van der Waals surface area contributed by atoms with Crippen molar-refractivity contribution in [3.05, 3.63) is 84.9 Å². The fraction of sp³-hybridized carbons (Fsp3) is 0.231. The fourth-order valence-electron chi connectivity index (χ4n) is 3.17. The molecule has 8 nitrogen and oxygen atoms in total. The number of carbonyl (C=O) groups is 2. The predicted octanol–water partition coefficient (Wildman–Crippen LogP) is 5.70. The molecule has 0 aliphatic carbocycles. The van der Waals surface area contributed by atoms with Crippen LogP contribution >= 0.6 is 19.4 Å². The van der Waals surface area contributed by atoms with Crippen LogP contribution in [0.15, 0.2) is 89.8 Å². The fourth-order valence-corrected chi connectivity index (χ4v) is 6.67. The molecule has 0 radical (unpaired) electrons. The maximum atomic E-state index is 14.6. The van der Waals surface area contributed by atoms with Gasteiger partial charge in [-0.1, -0.05) is 36.4 Å². The average Bonchev–Trinajstić information content (AvgIpc) is 2.86. The lowest BCUT2D eigenvalue weighted by molar-refractivity contribution is -0.149. The van der Waals surface area contributed by atoms with Gasteiger partial charge in [-0.2, -0.15) is 0 Å². The Bertz CT molecular complexity index is 1130. The smallest absolute Gasteiger partial charge is 0.446 e. The number of ether oxygens (including phenoxy) is 2. The first kappa shape index (κ1) is 27.2. The third-order valence-electron chi connectivity index (χ3n) is 4.73. The van der Waals surface area contributed by atoms with Gasteiger partial charge in [0.1, 0.15) is 22.5 Å². The molecule has 0 aromatic heterocycles. The second kappa shape index (κ2) is 13.0. The van der Waals surface area contributed by atoms with E-state index < -0.39 is 30.4 Å². The van der Waals surface area contributed by atoms with Gasteiger partial charge in [0.15, 0.2) is 0 Å². The van der Waals surface area contributed by atoms with Crippen molar-refractivity contribution in [2.45, 2.75) is 29.7 Å². The second-order valence-corrected chi connectivity index (χ2v) is 10.5. The summed E-state index contributed by atoms with van der Waals surface area (Å²) in [5.41, 5.74) is -1.68. The van der Waals surface area contributed by atoms with E-state index in [1.807, 2.05) is 0 Å². The summed E-state index contributed by atoms with van der Waals surface area (Å²) in [7, 11) is -4.48. The normalized spacial score (nSPS) is 12.7. The van der Waals surface area contributed by atoms with Gasteiger partial charge < -0.3 is 23.6 Å². The molecule has 3 rings (SSSR count). The Labute approximate surface area is 214 Å². The van der Waals surface area contributed by atoms with Crippen LogP contribution in [0.4, 0.5) is 0 Å². The molecule has 190 valence electrons. The van der Waals surface area contributed by atoms with E-state index in [-0.39, 0.29) is 30.5 Å². The van der Waals surface area contributed by atoms with Gasteiger partial charge in [-0.3, -0.25) is 9.59 Å². The van der Waals surface area contributed by atoms with Crippen molar-refractivity contribution in [2.24, 2.45) is 0 Å². The van der Waals surface area contributed by atoms with Crippen molar-refractivity contribution >= 4 is 31.3 Å². The number of benzene rings is 3. The molecule has 0 fully saturated rings. The molecule has 0 saturated carbocycles. The van der Waals surface area contributed by atoms with Crippen LogP contribution in [0, 0.1) is 0 Å². The van der Waals surface area contributed by atoms with E-state index in [1.165, 1.54) is 12.1 Å². The topological polar surface area (TPSA) is 108 Å². The lowest BCUT2D eigenvalue weighted by atomic mass is 10.3. The van der Waals surface area contributed by atoms with E-state index >= 15 is 0 Å². The Morgan fingerprint density at radius 3 is 1.72 bits per heavy atom. The summed E-state index contributed by atoms with van der Waals surface area (Å²) in [5.74, 6) is -1.33. The predicted molar refractivity (Wildman–Crippen MR) is 137 cm³/mol. The number of thioether (sulfide) groups is 1. The van der Waals surface area contributed by atoms with E-state index in [2.05, 4.69) is 0 Å². The van der Waals surface area contributed by atoms with E-state index in [4.69, 9.17) is 18.5 Å². The molecule has 1 N–H and O–H groups in total.